The van der Waals surface area contributed by atoms with Crippen LogP contribution in [-0.2, 0) is 35.1 Å². The van der Waals surface area contributed by atoms with E-state index in [1.807, 2.05) is 24.6 Å². The fourth-order valence-corrected chi connectivity index (χ4v) is 5.67. The summed E-state index contributed by atoms with van der Waals surface area (Å²) in [5, 5.41) is 17.1. The van der Waals surface area contributed by atoms with E-state index in [4.69, 9.17) is 19.9 Å². The summed E-state index contributed by atoms with van der Waals surface area (Å²) in [6.07, 6.45) is 9.72. The molecular formula is C34H47N5O8. The minimum atomic E-state index is -1.00. The quantitative estimate of drug-likeness (QED) is 0.185. The molecule has 5 N–H and O–H groups in total. The number of Topliss-reactive ketones (excluding diaryl/α,β-unsaturated/α-hetero) is 1. The number of ether oxygens (including phenoxy) is 3. The van der Waals surface area contributed by atoms with Gasteiger partial charge in [-0.2, -0.15) is 0 Å². The second-order valence-corrected chi connectivity index (χ2v) is 12.0. The van der Waals surface area contributed by atoms with Gasteiger partial charge in [-0.25, -0.2) is 9.78 Å². The molecule has 2 amide bonds. The van der Waals surface area contributed by atoms with E-state index in [-0.39, 0.29) is 34.9 Å². The third kappa shape index (κ3) is 10.3. The summed E-state index contributed by atoms with van der Waals surface area (Å²) in [5.41, 5.74) is 6.53. The first kappa shape index (κ1) is 37.1. The molecule has 3 rings (SSSR count). The number of fused-ring (bicyclic) bond motifs is 2. The van der Waals surface area contributed by atoms with Crippen LogP contribution in [0, 0.1) is 11.8 Å². The van der Waals surface area contributed by atoms with E-state index in [1.165, 1.54) is 20.3 Å². The maximum Gasteiger partial charge on any atom is 0.405 e. The zero-order valence-corrected chi connectivity index (χ0v) is 27.9. The van der Waals surface area contributed by atoms with Crippen LogP contribution in [0.15, 0.2) is 77.2 Å². The second-order valence-electron chi connectivity index (χ2n) is 12.0. The van der Waals surface area contributed by atoms with Crippen LogP contribution in [0.25, 0.3) is 0 Å². The number of allylic oxidation sites excluding steroid dienone is 4. The van der Waals surface area contributed by atoms with Crippen molar-refractivity contribution in [2.24, 2.45) is 17.6 Å². The number of imidazole rings is 1. The molecule has 1 aliphatic heterocycles. The van der Waals surface area contributed by atoms with Gasteiger partial charge in [0.05, 0.1) is 29.9 Å². The van der Waals surface area contributed by atoms with Gasteiger partial charge in [0.2, 0.25) is 11.6 Å². The molecule has 0 aromatic carbocycles. The zero-order valence-electron chi connectivity index (χ0n) is 27.9. The summed E-state index contributed by atoms with van der Waals surface area (Å²) in [6, 6.07) is 0. The largest absolute Gasteiger partial charge is 0.439 e. The van der Waals surface area contributed by atoms with Crippen molar-refractivity contribution in [3.05, 3.63) is 77.2 Å². The average molecular weight is 654 g/mol. The second kappa shape index (κ2) is 17.5. The van der Waals surface area contributed by atoms with E-state index in [1.54, 1.807) is 44.6 Å². The monoisotopic (exact) mass is 653 g/mol. The molecule has 2 bridgehead atoms. The minimum Gasteiger partial charge on any atom is -0.439 e. The van der Waals surface area contributed by atoms with E-state index in [9.17, 15) is 24.3 Å². The van der Waals surface area contributed by atoms with Gasteiger partial charge in [0.25, 0.3) is 5.91 Å². The van der Waals surface area contributed by atoms with Crippen LogP contribution in [0.5, 0.6) is 0 Å². The summed E-state index contributed by atoms with van der Waals surface area (Å²) in [7, 11) is 2.93. The van der Waals surface area contributed by atoms with Crippen molar-refractivity contribution in [2.75, 3.05) is 20.8 Å². The van der Waals surface area contributed by atoms with E-state index in [2.05, 4.69) is 15.6 Å². The smallest absolute Gasteiger partial charge is 0.405 e. The third-order valence-corrected chi connectivity index (χ3v) is 8.25. The van der Waals surface area contributed by atoms with Crippen LogP contribution in [0.3, 0.4) is 0 Å². The van der Waals surface area contributed by atoms with Gasteiger partial charge >= 0.3 is 6.09 Å². The minimum absolute atomic E-state index is 0.123. The fraction of sp³-hybridized carbons (Fsp3) is 0.500. The van der Waals surface area contributed by atoms with Gasteiger partial charge in [0.15, 0.2) is 6.10 Å². The number of aliphatic hydroxyl groups is 1. The highest BCUT2D eigenvalue weighted by Crippen LogP contribution is 2.29. The lowest BCUT2D eigenvalue weighted by Crippen LogP contribution is -2.38. The summed E-state index contributed by atoms with van der Waals surface area (Å²) in [5.74, 6) is -2.12. The summed E-state index contributed by atoms with van der Waals surface area (Å²) in [6.45, 7) is 8.12. The Morgan fingerprint density at radius 1 is 1.19 bits per heavy atom. The number of primary amides is 1. The Balaban J connectivity index is 2.00. The Kier molecular flexibility index (Phi) is 13.9. The summed E-state index contributed by atoms with van der Waals surface area (Å²) >= 11 is 0. The number of hydrogen-bond acceptors (Lipinski definition) is 10. The number of methoxy groups -OCH3 is 2. The van der Waals surface area contributed by atoms with Crippen molar-refractivity contribution < 1.29 is 38.5 Å². The Bertz CT molecular complexity index is 1440. The molecule has 0 saturated heterocycles. The van der Waals surface area contributed by atoms with Gasteiger partial charge < -0.3 is 40.3 Å². The molecule has 0 spiro atoms. The van der Waals surface area contributed by atoms with Gasteiger partial charge in [-0.05, 0) is 44.6 Å². The number of rotatable bonds is 8. The van der Waals surface area contributed by atoms with Gasteiger partial charge in [0, 0.05) is 62.8 Å². The van der Waals surface area contributed by atoms with Crippen LogP contribution in [-0.4, -0.2) is 83.4 Å². The highest BCUT2D eigenvalue weighted by molar-refractivity contribution is 6.23. The van der Waals surface area contributed by atoms with Gasteiger partial charge in [0.1, 0.15) is 6.10 Å². The number of hydrogen-bond donors (Lipinski definition) is 4. The number of aromatic nitrogens is 2. The molecule has 2 heterocycles. The number of carbonyl (C=O) groups excluding carboxylic acids is 4. The van der Waals surface area contributed by atoms with E-state index >= 15 is 0 Å². The van der Waals surface area contributed by atoms with Crippen LogP contribution < -0.4 is 16.4 Å². The molecule has 1 aromatic rings. The number of amides is 2. The topological polar surface area (TPSA) is 184 Å². The maximum absolute atomic E-state index is 13.8. The van der Waals surface area contributed by atoms with Crippen molar-refractivity contribution in [1.82, 2.24) is 20.2 Å². The Morgan fingerprint density at radius 3 is 2.57 bits per heavy atom. The lowest BCUT2D eigenvalue weighted by molar-refractivity contribution is -0.120. The standard InChI is InChI=1S/C34H47N5O8/c1-20-15-24-29(37-11-8-13-39-14-12-36-19-39)26(40)18-25(31(24)42)38-33(43)21(2)9-7-10-27(45-5)32(47-34(35)44)23(4)17-22(3)30(41)28(16-20)46-6/h7,9-10,12,14,17-20,22,27-28,30,32,37,41H,8,11,13,15-16H2,1-6H3,(H2,35,44)(H,38,43)/b10-7-,21-9+,23-17+/t20-,22+,27+,28+,30-,32+/m1/s1. The number of nitrogens with two attached hydrogens (primary N) is 1. The van der Waals surface area contributed by atoms with Gasteiger partial charge in [-0.3, -0.25) is 14.4 Å². The van der Waals surface area contributed by atoms with Crippen LogP contribution in [0.4, 0.5) is 4.79 Å². The molecule has 1 aliphatic carbocycles. The number of ketones is 2. The first-order valence-corrected chi connectivity index (χ1v) is 15.6. The molecule has 0 saturated carbocycles. The Hall–Kier alpha value is -4.33. The lowest BCUT2D eigenvalue weighted by Gasteiger charge is -2.30. The normalized spacial score (nSPS) is 29.6. The SMILES string of the molecule is CO[C@H]1/C=C\C=C(/C)C(=O)NC2=CC(=O)C(NCCCn3ccnc3)=C(C[C@@H](C)C[C@H](OC)[C@H](O)[C@@H](C)/C=C(\C)[C@@H]1OC(N)=O)C2=O. The lowest BCUT2D eigenvalue weighted by atomic mass is 9.85. The van der Waals surface area contributed by atoms with Crippen molar-refractivity contribution >= 4 is 23.6 Å². The number of aryl methyl sites for hydroxylation is 1. The molecule has 0 unspecified atom stereocenters. The van der Waals surface area contributed by atoms with Gasteiger partial charge in [-0.15, -0.1) is 0 Å². The number of aliphatic hydroxyl groups excluding tert-OH is 1. The first-order chi connectivity index (χ1) is 22.4. The molecule has 6 atom stereocenters. The zero-order chi connectivity index (χ0) is 34.7. The predicted molar refractivity (Wildman–Crippen MR) is 174 cm³/mol. The predicted octanol–water partition coefficient (Wildman–Crippen LogP) is 2.64. The molecule has 0 fully saturated rings. The van der Waals surface area contributed by atoms with Crippen molar-refractivity contribution in [3.8, 4) is 0 Å². The van der Waals surface area contributed by atoms with Crippen LogP contribution in [0.2, 0.25) is 0 Å². The molecule has 2 aliphatic rings. The average Bonchev–Trinajstić information content (AvgIpc) is 3.55. The van der Waals surface area contributed by atoms with Crippen molar-refractivity contribution in [3.63, 3.8) is 0 Å². The number of nitrogens with one attached hydrogen (secondary N) is 2. The molecule has 13 nitrogen and oxygen atoms in total. The Labute approximate surface area is 275 Å². The number of nitrogens with zero attached hydrogens (tertiary/aromatic N) is 2. The molecule has 1 aromatic heterocycles. The molecular weight excluding hydrogens is 606 g/mol. The summed E-state index contributed by atoms with van der Waals surface area (Å²) in [4.78, 5) is 56.1. The van der Waals surface area contributed by atoms with Crippen molar-refractivity contribution in [1.29, 1.82) is 0 Å². The van der Waals surface area contributed by atoms with Crippen molar-refractivity contribution in [2.45, 2.75) is 77.9 Å². The molecule has 0 radical (unpaired) electrons. The molecule has 13 heteroatoms. The van der Waals surface area contributed by atoms with E-state index < -0.39 is 53.9 Å². The maximum atomic E-state index is 13.8. The highest BCUT2D eigenvalue weighted by atomic mass is 16.6. The van der Waals surface area contributed by atoms with Crippen LogP contribution in [0.1, 0.15) is 47.0 Å². The van der Waals surface area contributed by atoms with E-state index in [0.717, 1.165) is 6.08 Å². The number of carbonyl (C=O) groups is 4. The fourth-order valence-electron chi connectivity index (χ4n) is 5.67. The summed E-state index contributed by atoms with van der Waals surface area (Å²) < 4.78 is 18.6. The van der Waals surface area contributed by atoms with E-state index in [0.29, 0.717) is 31.5 Å². The first-order valence-electron chi connectivity index (χ1n) is 15.6. The third-order valence-electron chi connectivity index (χ3n) is 8.25. The highest BCUT2D eigenvalue weighted by Gasteiger charge is 2.33. The molecule has 47 heavy (non-hydrogen) atoms. The molecule has 256 valence electrons. The van der Waals surface area contributed by atoms with Crippen LogP contribution >= 0.6 is 0 Å². The Morgan fingerprint density at radius 2 is 1.94 bits per heavy atom. The van der Waals surface area contributed by atoms with Gasteiger partial charge in [-0.1, -0.05) is 38.2 Å².